The van der Waals surface area contributed by atoms with Crippen LogP contribution in [0.3, 0.4) is 0 Å². The highest BCUT2D eigenvalue weighted by molar-refractivity contribution is 7.99. The molecule has 0 unspecified atom stereocenters. The van der Waals surface area contributed by atoms with Gasteiger partial charge in [0.05, 0.1) is 0 Å². The Hall–Kier alpha value is -2.79. The van der Waals surface area contributed by atoms with Crippen LogP contribution in [0.1, 0.15) is 0 Å². The maximum atomic E-state index is 11.2. The molecule has 0 atom stereocenters. The molecule has 0 fully saturated rings. The van der Waals surface area contributed by atoms with Crippen LogP contribution in [-0.4, -0.2) is 34.7 Å². The molecule has 11 heteroatoms. The van der Waals surface area contributed by atoms with Crippen molar-refractivity contribution >= 4 is 17.7 Å². The van der Waals surface area contributed by atoms with Crippen LogP contribution in [0.4, 0.5) is 5.95 Å². The van der Waals surface area contributed by atoms with Gasteiger partial charge in [-0.15, -0.1) is 0 Å². The Morgan fingerprint density at radius 1 is 1.29 bits per heavy atom. The molecule has 0 aromatic carbocycles. The van der Waals surface area contributed by atoms with E-state index in [4.69, 9.17) is 5.84 Å². The summed E-state index contributed by atoms with van der Waals surface area (Å²) in [5.41, 5.74) is 2.10. The molecule has 10 nitrogen and oxygen atoms in total. The van der Waals surface area contributed by atoms with Crippen LogP contribution in [0, 0.1) is 0 Å². The van der Waals surface area contributed by atoms with E-state index in [1.54, 1.807) is 18.5 Å². The first kappa shape index (κ1) is 13.2. The predicted molar refractivity (Wildman–Crippen MR) is 73.7 cm³/mol. The standard InChI is InChI=1S/C10H9N9OS/c11-18-7-15-8(19-5-1-3-13-19)17-10(16-7)21-9-12-4-2-6(20)14-9/h1-5H,11H2,(H,12,14,20)(H,15,16,17,18). The van der Waals surface area contributed by atoms with E-state index in [9.17, 15) is 4.79 Å². The van der Waals surface area contributed by atoms with E-state index in [0.29, 0.717) is 16.3 Å². The summed E-state index contributed by atoms with van der Waals surface area (Å²) in [5.74, 6) is 5.82. The number of hydrogen-bond donors (Lipinski definition) is 3. The second-order valence-electron chi connectivity index (χ2n) is 3.68. The fourth-order valence-electron chi connectivity index (χ4n) is 1.44. The molecule has 0 radical (unpaired) electrons. The van der Waals surface area contributed by atoms with E-state index in [2.05, 4.69) is 35.4 Å². The third-order valence-corrected chi connectivity index (χ3v) is 3.04. The van der Waals surface area contributed by atoms with Crippen molar-refractivity contribution in [2.45, 2.75) is 10.3 Å². The van der Waals surface area contributed by atoms with Crippen molar-refractivity contribution in [3.8, 4) is 5.95 Å². The fourth-order valence-corrected chi connectivity index (χ4v) is 2.13. The predicted octanol–water partition coefficient (Wildman–Crippen LogP) is -0.423. The van der Waals surface area contributed by atoms with Crippen LogP contribution in [0.25, 0.3) is 5.95 Å². The van der Waals surface area contributed by atoms with E-state index in [1.807, 2.05) is 0 Å². The van der Waals surface area contributed by atoms with E-state index >= 15 is 0 Å². The van der Waals surface area contributed by atoms with Crippen LogP contribution >= 0.6 is 11.8 Å². The fraction of sp³-hybridized carbons (Fsp3) is 0. The summed E-state index contributed by atoms with van der Waals surface area (Å²) in [6.45, 7) is 0. The summed E-state index contributed by atoms with van der Waals surface area (Å²) in [5, 5.41) is 4.72. The van der Waals surface area contributed by atoms with Gasteiger partial charge in [-0.2, -0.15) is 20.1 Å². The number of aromatic amines is 1. The topological polar surface area (TPSA) is 140 Å². The minimum Gasteiger partial charge on any atom is -0.301 e. The number of anilines is 1. The zero-order chi connectivity index (χ0) is 14.7. The number of hydrazine groups is 1. The van der Waals surface area contributed by atoms with Crippen LogP contribution in [0.5, 0.6) is 0 Å². The van der Waals surface area contributed by atoms with E-state index in [-0.39, 0.29) is 11.5 Å². The highest BCUT2D eigenvalue weighted by Gasteiger charge is 2.10. The molecular weight excluding hydrogens is 294 g/mol. The third kappa shape index (κ3) is 3.04. The first-order valence-electron chi connectivity index (χ1n) is 5.70. The van der Waals surface area contributed by atoms with Gasteiger partial charge in [-0.3, -0.25) is 10.2 Å². The van der Waals surface area contributed by atoms with Gasteiger partial charge in [0, 0.05) is 24.7 Å². The minimum absolute atomic E-state index is 0.177. The average molecular weight is 303 g/mol. The molecule has 21 heavy (non-hydrogen) atoms. The summed E-state index contributed by atoms with van der Waals surface area (Å²) in [6.07, 6.45) is 4.69. The first-order valence-corrected chi connectivity index (χ1v) is 6.52. The number of rotatable bonds is 4. The summed E-state index contributed by atoms with van der Waals surface area (Å²) in [7, 11) is 0. The van der Waals surface area contributed by atoms with Crippen molar-refractivity contribution in [1.29, 1.82) is 0 Å². The molecule has 3 aromatic rings. The molecule has 0 saturated carbocycles. The second kappa shape index (κ2) is 5.68. The molecule has 4 N–H and O–H groups in total. The Labute approximate surface area is 121 Å². The molecule has 0 aliphatic rings. The Morgan fingerprint density at radius 3 is 2.90 bits per heavy atom. The lowest BCUT2D eigenvalue weighted by molar-refractivity contribution is 0.759. The van der Waals surface area contributed by atoms with Gasteiger partial charge in [-0.25, -0.2) is 15.5 Å². The molecule has 3 aromatic heterocycles. The largest absolute Gasteiger partial charge is 0.301 e. The van der Waals surface area contributed by atoms with Crippen molar-refractivity contribution in [3.05, 3.63) is 41.1 Å². The Kier molecular flexibility index (Phi) is 3.57. The smallest absolute Gasteiger partial charge is 0.256 e. The van der Waals surface area contributed by atoms with Gasteiger partial charge in [-0.05, 0) is 17.8 Å². The number of nitrogen functional groups attached to an aromatic ring is 1. The lowest BCUT2D eigenvalue weighted by Crippen LogP contribution is -2.14. The number of hydrogen-bond acceptors (Lipinski definition) is 9. The summed E-state index contributed by atoms with van der Waals surface area (Å²) in [6, 6.07) is 3.06. The second-order valence-corrected chi connectivity index (χ2v) is 4.63. The zero-order valence-electron chi connectivity index (χ0n) is 10.5. The Morgan fingerprint density at radius 2 is 2.19 bits per heavy atom. The minimum atomic E-state index is -0.258. The van der Waals surface area contributed by atoms with E-state index < -0.39 is 0 Å². The van der Waals surface area contributed by atoms with Gasteiger partial charge in [0.2, 0.25) is 11.1 Å². The maximum Gasteiger partial charge on any atom is 0.256 e. The van der Waals surface area contributed by atoms with Gasteiger partial charge in [0.25, 0.3) is 11.5 Å². The highest BCUT2D eigenvalue weighted by atomic mass is 32.2. The molecule has 3 rings (SSSR count). The maximum absolute atomic E-state index is 11.2. The number of aromatic nitrogens is 7. The highest BCUT2D eigenvalue weighted by Crippen LogP contribution is 2.20. The molecule has 0 amide bonds. The van der Waals surface area contributed by atoms with Crippen molar-refractivity contribution in [2.24, 2.45) is 5.84 Å². The number of nitrogens with two attached hydrogens (primary N) is 1. The number of H-pyrrole nitrogens is 1. The van der Waals surface area contributed by atoms with Crippen LogP contribution in [0.15, 0.2) is 45.8 Å². The summed E-state index contributed by atoms with van der Waals surface area (Å²) >= 11 is 1.08. The monoisotopic (exact) mass is 303 g/mol. The number of nitrogens with zero attached hydrogens (tertiary/aromatic N) is 6. The molecular formula is C10H9N9OS. The van der Waals surface area contributed by atoms with Gasteiger partial charge < -0.3 is 4.98 Å². The van der Waals surface area contributed by atoms with Crippen molar-refractivity contribution in [2.75, 3.05) is 5.43 Å². The molecule has 3 heterocycles. The van der Waals surface area contributed by atoms with Crippen LogP contribution in [-0.2, 0) is 0 Å². The average Bonchev–Trinajstić information content (AvgIpc) is 3.01. The van der Waals surface area contributed by atoms with Gasteiger partial charge in [0.15, 0.2) is 5.16 Å². The quantitative estimate of drug-likeness (QED) is 0.333. The zero-order valence-corrected chi connectivity index (χ0v) is 11.3. The first-order chi connectivity index (χ1) is 10.2. The molecule has 0 spiro atoms. The third-order valence-electron chi connectivity index (χ3n) is 2.28. The van der Waals surface area contributed by atoms with Crippen molar-refractivity contribution in [1.82, 2.24) is 34.7 Å². The molecule has 0 aliphatic carbocycles. The van der Waals surface area contributed by atoms with Crippen molar-refractivity contribution < 1.29 is 0 Å². The van der Waals surface area contributed by atoms with Crippen LogP contribution in [0.2, 0.25) is 0 Å². The van der Waals surface area contributed by atoms with Gasteiger partial charge in [-0.1, -0.05) is 0 Å². The lowest BCUT2D eigenvalue weighted by Gasteiger charge is -2.05. The summed E-state index contributed by atoms with van der Waals surface area (Å²) in [4.78, 5) is 30.2. The Balaban J connectivity index is 1.98. The van der Waals surface area contributed by atoms with Gasteiger partial charge >= 0.3 is 0 Å². The molecule has 0 aliphatic heterocycles. The normalized spacial score (nSPS) is 10.5. The Bertz CT molecular complexity index is 800. The number of nitrogens with one attached hydrogen (secondary N) is 2. The molecule has 0 bridgehead atoms. The summed E-state index contributed by atoms with van der Waals surface area (Å²) < 4.78 is 1.47. The SMILES string of the molecule is NNc1nc(Sc2nccc(=O)[nH]2)nc(-n2cccn2)n1. The van der Waals surface area contributed by atoms with E-state index in [0.717, 1.165) is 11.8 Å². The molecule has 106 valence electrons. The van der Waals surface area contributed by atoms with E-state index in [1.165, 1.54) is 16.9 Å². The van der Waals surface area contributed by atoms with Gasteiger partial charge in [0.1, 0.15) is 0 Å². The van der Waals surface area contributed by atoms with Crippen molar-refractivity contribution in [3.63, 3.8) is 0 Å². The van der Waals surface area contributed by atoms with Crippen LogP contribution < -0.4 is 16.8 Å². The molecule has 0 saturated heterocycles. The lowest BCUT2D eigenvalue weighted by atomic mass is 10.7.